The van der Waals surface area contributed by atoms with Crippen molar-refractivity contribution >= 4 is 0 Å². The summed E-state index contributed by atoms with van der Waals surface area (Å²) in [6.07, 6.45) is 0. The molecule has 122 valence electrons. The first kappa shape index (κ1) is 16.3. The first-order valence-electron chi connectivity index (χ1n) is 8.30. The number of aryl methyl sites for hydroxylation is 1. The summed E-state index contributed by atoms with van der Waals surface area (Å²) in [5.74, 6) is 0.406. The van der Waals surface area contributed by atoms with E-state index in [1.807, 2.05) is 37.3 Å². The topological polar surface area (TPSA) is 23.5 Å². The number of rotatable bonds is 6. The van der Waals surface area contributed by atoms with Gasteiger partial charge in [-0.1, -0.05) is 78.9 Å². The lowest BCUT2D eigenvalue weighted by molar-refractivity contribution is 0.244. The van der Waals surface area contributed by atoms with Gasteiger partial charge < -0.3 is 5.11 Å². The van der Waals surface area contributed by atoms with Crippen LogP contribution in [0.3, 0.4) is 0 Å². The monoisotopic (exact) mass is 317 g/mol. The van der Waals surface area contributed by atoms with Gasteiger partial charge in [0.05, 0.1) is 0 Å². The Balaban J connectivity index is 1.82. The summed E-state index contributed by atoms with van der Waals surface area (Å²) in [4.78, 5) is 2.36. The number of benzene rings is 3. The van der Waals surface area contributed by atoms with Crippen molar-refractivity contribution in [2.45, 2.75) is 26.6 Å². The zero-order chi connectivity index (χ0) is 16.8. The van der Waals surface area contributed by atoms with Gasteiger partial charge in [0.2, 0.25) is 0 Å². The van der Waals surface area contributed by atoms with Crippen molar-refractivity contribution < 1.29 is 5.11 Å². The molecule has 0 fully saturated rings. The minimum atomic E-state index is 0.406. The summed E-state index contributed by atoms with van der Waals surface area (Å²) in [6, 6.07) is 26.9. The number of para-hydroxylation sites is 1. The summed E-state index contributed by atoms with van der Waals surface area (Å²) in [5, 5.41) is 10.4. The van der Waals surface area contributed by atoms with E-state index >= 15 is 0 Å². The molecule has 1 N–H and O–H groups in total. The zero-order valence-electron chi connectivity index (χ0n) is 14.0. The summed E-state index contributed by atoms with van der Waals surface area (Å²) in [7, 11) is 0. The van der Waals surface area contributed by atoms with Crippen LogP contribution in [-0.4, -0.2) is 10.0 Å². The van der Waals surface area contributed by atoms with Gasteiger partial charge in [0.15, 0.2) is 0 Å². The van der Waals surface area contributed by atoms with Crippen LogP contribution in [0.1, 0.15) is 22.3 Å². The Labute approximate surface area is 144 Å². The molecule has 0 atom stereocenters. The number of phenolic OH excluding ortho intramolecular Hbond substituents is 1. The molecule has 2 nitrogen and oxygen atoms in total. The molecule has 0 spiro atoms. The van der Waals surface area contributed by atoms with E-state index in [4.69, 9.17) is 0 Å². The highest BCUT2D eigenvalue weighted by atomic mass is 16.3. The summed E-state index contributed by atoms with van der Waals surface area (Å²) >= 11 is 0. The maximum absolute atomic E-state index is 10.4. The van der Waals surface area contributed by atoms with E-state index in [0.717, 1.165) is 30.8 Å². The van der Waals surface area contributed by atoms with Crippen molar-refractivity contribution in [1.82, 2.24) is 4.90 Å². The van der Waals surface area contributed by atoms with Crippen LogP contribution in [0.25, 0.3) is 0 Å². The fourth-order valence-corrected chi connectivity index (χ4v) is 2.94. The molecule has 0 saturated carbocycles. The van der Waals surface area contributed by atoms with E-state index in [1.54, 1.807) is 0 Å². The highest BCUT2D eigenvalue weighted by Crippen LogP contribution is 2.24. The molecule has 0 bridgehead atoms. The minimum absolute atomic E-state index is 0.406. The van der Waals surface area contributed by atoms with Crippen molar-refractivity contribution in [3.63, 3.8) is 0 Å². The lowest BCUT2D eigenvalue weighted by Crippen LogP contribution is -2.22. The number of hydrogen-bond acceptors (Lipinski definition) is 2. The predicted octanol–water partition coefficient (Wildman–Crippen LogP) is 4.90. The third-order valence-electron chi connectivity index (χ3n) is 4.21. The Kier molecular flexibility index (Phi) is 5.29. The van der Waals surface area contributed by atoms with E-state index in [2.05, 4.69) is 53.4 Å². The SMILES string of the molecule is Cc1cccc(CN(Cc2ccccc2)Cc2ccccc2)c1O. The highest BCUT2D eigenvalue weighted by molar-refractivity contribution is 5.39. The smallest absolute Gasteiger partial charge is 0.122 e. The molecular formula is C22H23NO. The molecule has 0 unspecified atom stereocenters. The van der Waals surface area contributed by atoms with Crippen LogP contribution in [0.5, 0.6) is 5.75 Å². The molecular weight excluding hydrogens is 294 g/mol. The Bertz CT molecular complexity index is 727. The summed E-state index contributed by atoms with van der Waals surface area (Å²) in [6.45, 7) is 4.36. The quantitative estimate of drug-likeness (QED) is 0.699. The molecule has 0 aliphatic rings. The van der Waals surface area contributed by atoms with Gasteiger partial charge in [-0.3, -0.25) is 4.90 Å². The maximum Gasteiger partial charge on any atom is 0.122 e. The molecule has 0 amide bonds. The normalized spacial score (nSPS) is 10.9. The molecule has 0 radical (unpaired) electrons. The summed E-state index contributed by atoms with van der Waals surface area (Å²) < 4.78 is 0. The molecule has 24 heavy (non-hydrogen) atoms. The van der Waals surface area contributed by atoms with Gasteiger partial charge in [-0.2, -0.15) is 0 Å². The van der Waals surface area contributed by atoms with Crippen molar-refractivity contribution in [3.8, 4) is 5.75 Å². The predicted molar refractivity (Wildman–Crippen MR) is 98.7 cm³/mol. The molecule has 0 aliphatic carbocycles. The van der Waals surface area contributed by atoms with Crippen LogP contribution < -0.4 is 0 Å². The second-order valence-electron chi connectivity index (χ2n) is 6.20. The molecule has 2 heteroatoms. The van der Waals surface area contributed by atoms with Gasteiger partial charge >= 0.3 is 0 Å². The second kappa shape index (κ2) is 7.80. The Morgan fingerprint density at radius 3 is 1.75 bits per heavy atom. The zero-order valence-corrected chi connectivity index (χ0v) is 14.0. The van der Waals surface area contributed by atoms with Gasteiger partial charge in [0, 0.05) is 25.2 Å². The van der Waals surface area contributed by atoms with E-state index in [1.165, 1.54) is 11.1 Å². The Morgan fingerprint density at radius 2 is 1.21 bits per heavy atom. The van der Waals surface area contributed by atoms with Gasteiger partial charge in [0.1, 0.15) is 5.75 Å². The lowest BCUT2D eigenvalue weighted by atomic mass is 10.1. The Morgan fingerprint density at radius 1 is 0.667 bits per heavy atom. The molecule has 0 saturated heterocycles. The number of nitrogens with zero attached hydrogens (tertiary/aromatic N) is 1. The van der Waals surface area contributed by atoms with Crippen molar-refractivity contribution in [2.75, 3.05) is 0 Å². The summed E-state index contributed by atoms with van der Waals surface area (Å²) in [5.41, 5.74) is 4.45. The largest absolute Gasteiger partial charge is 0.507 e. The van der Waals surface area contributed by atoms with Crippen molar-refractivity contribution in [2.24, 2.45) is 0 Å². The molecule has 3 rings (SSSR count). The van der Waals surface area contributed by atoms with Crippen LogP contribution >= 0.6 is 0 Å². The van der Waals surface area contributed by atoms with Crippen LogP contribution in [0.4, 0.5) is 0 Å². The molecule has 0 aromatic heterocycles. The maximum atomic E-state index is 10.4. The van der Waals surface area contributed by atoms with Crippen LogP contribution in [0.2, 0.25) is 0 Å². The number of phenols is 1. The average Bonchev–Trinajstić information content (AvgIpc) is 2.61. The average molecular weight is 317 g/mol. The van der Waals surface area contributed by atoms with E-state index in [0.29, 0.717) is 5.75 Å². The van der Waals surface area contributed by atoms with Crippen molar-refractivity contribution in [3.05, 3.63) is 101 Å². The van der Waals surface area contributed by atoms with Crippen LogP contribution in [0.15, 0.2) is 78.9 Å². The van der Waals surface area contributed by atoms with Gasteiger partial charge in [-0.15, -0.1) is 0 Å². The minimum Gasteiger partial charge on any atom is -0.507 e. The number of aromatic hydroxyl groups is 1. The molecule has 0 aliphatic heterocycles. The first-order valence-corrected chi connectivity index (χ1v) is 8.30. The lowest BCUT2D eigenvalue weighted by Gasteiger charge is -2.23. The standard InChI is InChI=1S/C22H23NO/c1-18-9-8-14-21(22(18)24)17-23(15-19-10-4-2-5-11-19)16-20-12-6-3-7-13-20/h2-14,24H,15-17H2,1H3. The number of hydrogen-bond donors (Lipinski definition) is 1. The molecule has 3 aromatic carbocycles. The van der Waals surface area contributed by atoms with Gasteiger partial charge in [-0.05, 0) is 23.6 Å². The van der Waals surface area contributed by atoms with Crippen LogP contribution in [-0.2, 0) is 19.6 Å². The van der Waals surface area contributed by atoms with E-state index in [-0.39, 0.29) is 0 Å². The van der Waals surface area contributed by atoms with E-state index in [9.17, 15) is 5.11 Å². The van der Waals surface area contributed by atoms with Gasteiger partial charge in [-0.25, -0.2) is 0 Å². The molecule has 3 aromatic rings. The third-order valence-corrected chi connectivity index (χ3v) is 4.21. The van der Waals surface area contributed by atoms with Crippen molar-refractivity contribution in [1.29, 1.82) is 0 Å². The Hall–Kier alpha value is -2.58. The van der Waals surface area contributed by atoms with Gasteiger partial charge in [0.25, 0.3) is 0 Å². The first-order chi connectivity index (χ1) is 11.7. The second-order valence-corrected chi connectivity index (χ2v) is 6.20. The van der Waals surface area contributed by atoms with E-state index < -0.39 is 0 Å². The fraction of sp³-hybridized carbons (Fsp3) is 0.182. The third kappa shape index (κ3) is 4.24. The van der Waals surface area contributed by atoms with Crippen LogP contribution in [0, 0.1) is 6.92 Å². The molecule has 0 heterocycles. The fourth-order valence-electron chi connectivity index (χ4n) is 2.94. The highest BCUT2D eigenvalue weighted by Gasteiger charge is 2.11.